The summed E-state index contributed by atoms with van der Waals surface area (Å²) in [6, 6.07) is 8.90. The van der Waals surface area contributed by atoms with Gasteiger partial charge in [-0.25, -0.2) is 4.79 Å². The van der Waals surface area contributed by atoms with Gasteiger partial charge < -0.3 is 9.47 Å². The molecule has 112 valence electrons. The van der Waals surface area contributed by atoms with Crippen LogP contribution in [0.15, 0.2) is 42.6 Å². The van der Waals surface area contributed by atoms with Crippen LogP contribution in [0.4, 0.5) is 0 Å². The van der Waals surface area contributed by atoms with E-state index < -0.39 is 11.9 Å². The highest BCUT2D eigenvalue weighted by Gasteiger charge is 2.14. The highest BCUT2D eigenvalue weighted by Crippen LogP contribution is 2.15. The molecule has 0 aliphatic carbocycles. The van der Waals surface area contributed by atoms with Crippen LogP contribution in [0.2, 0.25) is 0 Å². The maximum atomic E-state index is 12.3. The number of esters is 2. The molecule has 0 radical (unpaired) electrons. The zero-order valence-corrected chi connectivity index (χ0v) is 12.0. The monoisotopic (exact) mass is 299 g/mol. The minimum absolute atomic E-state index is 0.128. The first kappa shape index (κ1) is 15.4. The summed E-state index contributed by atoms with van der Waals surface area (Å²) in [7, 11) is 1.26. The average Bonchev–Trinajstić information content (AvgIpc) is 2.53. The topological polar surface area (TPSA) is 82.6 Å². The van der Waals surface area contributed by atoms with E-state index in [1.807, 2.05) is 0 Å². The Morgan fingerprint density at radius 2 is 1.68 bits per heavy atom. The number of ether oxygens (including phenoxy) is 2. The molecule has 1 aromatic heterocycles. The molecule has 0 aliphatic rings. The third-order valence-corrected chi connectivity index (χ3v) is 2.79. The number of rotatable bonds is 4. The predicted molar refractivity (Wildman–Crippen MR) is 76.8 cm³/mol. The van der Waals surface area contributed by atoms with Crippen molar-refractivity contribution in [3.05, 3.63) is 59.4 Å². The lowest BCUT2D eigenvalue weighted by molar-refractivity contribution is -0.131. The van der Waals surface area contributed by atoms with Gasteiger partial charge in [0.1, 0.15) is 11.4 Å². The van der Waals surface area contributed by atoms with Crippen LogP contribution in [-0.4, -0.2) is 29.8 Å². The van der Waals surface area contributed by atoms with Gasteiger partial charge in [-0.2, -0.15) is 0 Å². The summed E-state index contributed by atoms with van der Waals surface area (Å²) in [5.41, 5.74) is 0.742. The molecule has 6 nitrogen and oxygen atoms in total. The highest BCUT2D eigenvalue weighted by molar-refractivity contribution is 6.08. The molecule has 0 saturated heterocycles. The molecular formula is C16H13NO5. The number of hydrogen-bond acceptors (Lipinski definition) is 6. The fourth-order valence-electron chi connectivity index (χ4n) is 1.79. The van der Waals surface area contributed by atoms with Gasteiger partial charge in [-0.15, -0.1) is 0 Å². The van der Waals surface area contributed by atoms with E-state index >= 15 is 0 Å². The fraction of sp³-hybridized carbons (Fsp3) is 0.125. The van der Waals surface area contributed by atoms with E-state index in [-0.39, 0.29) is 17.0 Å². The molecule has 2 aromatic rings. The largest absolute Gasteiger partial charge is 0.465 e. The van der Waals surface area contributed by atoms with Crippen LogP contribution >= 0.6 is 0 Å². The van der Waals surface area contributed by atoms with Gasteiger partial charge >= 0.3 is 11.9 Å². The van der Waals surface area contributed by atoms with Crippen LogP contribution in [0.3, 0.4) is 0 Å². The summed E-state index contributed by atoms with van der Waals surface area (Å²) in [6.07, 6.45) is 1.37. The van der Waals surface area contributed by atoms with Crippen molar-refractivity contribution in [2.75, 3.05) is 7.11 Å². The Balaban J connectivity index is 2.24. The lowest BCUT2D eigenvalue weighted by Crippen LogP contribution is -2.08. The Morgan fingerprint density at radius 1 is 1.00 bits per heavy atom. The Labute approximate surface area is 126 Å². The number of hydrogen-bond donors (Lipinski definition) is 0. The SMILES string of the molecule is COC(=O)c1ccnc(C(=O)c2ccc(OC(C)=O)cc2)c1. The van der Waals surface area contributed by atoms with Gasteiger partial charge in [-0.3, -0.25) is 14.6 Å². The van der Waals surface area contributed by atoms with E-state index in [0.717, 1.165) is 0 Å². The maximum absolute atomic E-state index is 12.3. The van der Waals surface area contributed by atoms with Gasteiger partial charge in [0, 0.05) is 18.7 Å². The van der Waals surface area contributed by atoms with Gasteiger partial charge in [0.25, 0.3) is 0 Å². The quantitative estimate of drug-likeness (QED) is 0.488. The maximum Gasteiger partial charge on any atom is 0.337 e. The summed E-state index contributed by atoms with van der Waals surface area (Å²) < 4.78 is 9.50. The van der Waals surface area contributed by atoms with E-state index in [9.17, 15) is 14.4 Å². The Morgan fingerprint density at radius 3 is 2.27 bits per heavy atom. The molecule has 6 heteroatoms. The smallest absolute Gasteiger partial charge is 0.337 e. The van der Waals surface area contributed by atoms with Crippen LogP contribution in [0.5, 0.6) is 5.75 Å². The van der Waals surface area contributed by atoms with E-state index in [1.54, 1.807) is 0 Å². The molecule has 0 unspecified atom stereocenters. The van der Waals surface area contributed by atoms with Gasteiger partial charge in [0.2, 0.25) is 5.78 Å². The Bertz CT molecular complexity index is 722. The second-order valence-corrected chi connectivity index (χ2v) is 4.37. The first-order valence-corrected chi connectivity index (χ1v) is 6.39. The number of carbonyl (C=O) groups excluding carboxylic acids is 3. The number of benzene rings is 1. The number of ketones is 1. The highest BCUT2D eigenvalue weighted by atomic mass is 16.5. The van der Waals surface area contributed by atoms with Crippen molar-refractivity contribution in [2.24, 2.45) is 0 Å². The zero-order valence-electron chi connectivity index (χ0n) is 12.0. The van der Waals surface area contributed by atoms with E-state index in [1.165, 1.54) is 56.6 Å². The predicted octanol–water partition coefficient (Wildman–Crippen LogP) is 2.02. The molecule has 0 bridgehead atoms. The van der Waals surface area contributed by atoms with Crippen molar-refractivity contribution in [2.45, 2.75) is 6.92 Å². The molecule has 0 amide bonds. The third kappa shape index (κ3) is 3.54. The molecule has 0 aliphatic heterocycles. The van der Waals surface area contributed by atoms with Crippen LogP contribution in [0, 0.1) is 0 Å². The number of nitrogens with zero attached hydrogens (tertiary/aromatic N) is 1. The van der Waals surface area contributed by atoms with Crippen molar-refractivity contribution >= 4 is 17.7 Å². The van der Waals surface area contributed by atoms with Crippen LogP contribution in [0.1, 0.15) is 33.3 Å². The number of methoxy groups -OCH3 is 1. The normalized spacial score (nSPS) is 9.91. The summed E-state index contributed by atoms with van der Waals surface area (Å²) in [4.78, 5) is 38.6. The number of carbonyl (C=O) groups is 3. The first-order valence-electron chi connectivity index (χ1n) is 6.39. The molecule has 0 spiro atoms. The van der Waals surface area contributed by atoms with Gasteiger partial charge in [0.05, 0.1) is 12.7 Å². The second-order valence-electron chi connectivity index (χ2n) is 4.37. The molecular weight excluding hydrogens is 286 g/mol. The summed E-state index contributed by atoms with van der Waals surface area (Å²) >= 11 is 0. The van der Waals surface area contributed by atoms with Gasteiger partial charge in [0.15, 0.2) is 0 Å². The summed E-state index contributed by atoms with van der Waals surface area (Å²) in [5.74, 6) is -0.978. The molecule has 1 aromatic carbocycles. The van der Waals surface area contributed by atoms with Crippen LogP contribution in [-0.2, 0) is 9.53 Å². The molecule has 1 heterocycles. The molecule has 0 N–H and O–H groups in total. The molecule has 0 atom stereocenters. The first-order chi connectivity index (χ1) is 10.5. The summed E-state index contributed by atoms with van der Waals surface area (Å²) in [5, 5.41) is 0. The Kier molecular flexibility index (Phi) is 4.63. The van der Waals surface area contributed by atoms with Crippen molar-refractivity contribution < 1.29 is 23.9 Å². The molecule has 0 fully saturated rings. The van der Waals surface area contributed by atoms with Crippen molar-refractivity contribution in [3.63, 3.8) is 0 Å². The second kappa shape index (κ2) is 6.62. The zero-order chi connectivity index (χ0) is 16.1. The molecule has 0 saturated carbocycles. The van der Waals surface area contributed by atoms with Gasteiger partial charge in [-0.05, 0) is 36.4 Å². The molecule has 22 heavy (non-hydrogen) atoms. The van der Waals surface area contributed by atoms with E-state index in [0.29, 0.717) is 11.3 Å². The number of pyridine rings is 1. The average molecular weight is 299 g/mol. The number of aromatic nitrogens is 1. The van der Waals surface area contributed by atoms with Crippen molar-refractivity contribution in [3.8, 4) is 5.75 Å². The summed E-state index contributed by atoms with van der Waals surface area (Å²) in [6.45, 7) is 1.29. The van der Waals surface area contributed by atoms with Crippen molar-refractivity contribution in [1.29, 1.82) is 0 Å². The lowest BCUT2D eigenvalue weighted by atomic mass is 10.1. The van der Waals surface area contributed by atoms with E-state index in [2.05, 4.69) is 9.72 Å². The minimum atomic E-state index is -0.540. The minimum Gasteiger partial charge on any atom is -0.465 e. The van der Waals surface area contributed by atoms with Crippen molar-refractivity contribution in [1.82, 2.24) is 4.98 Å². The standard InChI is InChI=1S/C16H13NO5/c1-10(18)22-13-5-3-11(4-6-13)15(19)14-9-12(7-8-17-14)16(20)21-2/h3-9H,1-2H3. The lowest BCUT2D eigenvalue weighted by Gasteiger charge is -2.04. The molecule has 2 rings (SSSR count). The van der Waals surface area contributed by atoms with E-state index in [4.69, 9.17) is 4.74 Å². The third-order valence-electron chi connectivity index (χ3n) is 2.79. The Hall–Kier alpha value is -3.02. The fourth-order valence-corrected chi connectivity index (χ4v) is 1.79. The van der Waals surface area contributed by atoms with Gasteiger partial charge in [-0.1, -0.05) is 0 Å². The van der Waals surface area contributed by atoms with Crippen LogP contribution < -0.4 is 4.74 Å². The van der Waals surface area contributed by atoms with Crippen LogP contribution in [0.25, 0.3) is 0 Å².